The number of rotatable bonds is 8. The molecule has 0 aliphatic heterocycles. The number of benzene rings is 3. The minimum absolute atomic E-state index is 0.0755. The summed E-state index contributed by atoms with van der Waals surface area (Å²) in [5.41, 5.74) is 1.78. The quantitative estimate of drug-likeness (QED) is 0.391. The standard InChI is InChI=1S/C23H21NO6/c25-14-15-2-4-16(5-3-15)21(26)24-10-1-11-30-23(29)20-9-7-17-12-19(22(27)28)8-6-18(17)13-20/h2-9,12-13,25H,1,10-11,14H2,(H,24,26)(H,27,28). The number of carboxylic acids is 1. The molecule has 3 aromatic rings. The maximum absolute atomic E-state index is 12.2. The van der Waals surface area contributed by atoms with Gasteiger partial charge in [0.05, 0.1) is 24.3 Å². The molecule has 3 rings (SSSR count). The normalized spacial score (nSPS) is 10.6. The van der Waals surface area contributed by atoms with Gasteiger partial charge in [0.2, 0.25) is 0 Å². The van der Waals surface area contributed by atoms with E-state index in [1.54, 1.807) is 54.6 Å². The first kappa shape index (κ1) is 21.0. The summed E-state index contributed by atoms with van der Waals surface area (Å²) in [6.45, 7) is 0.427. The zero-order valence-corrected chi connectivity index (χ0v) is 16.1. The smallest absolute Gasteiger partial charge is 0.338 e. The number of esters is 1. The first-order valence-corrected chi connectivity index (χ1v) is 9.40. The van der Waals surface area contributed by atoms with Gasteiger partial charge < -0.3 is 20.3 Å². The second kappa shape index (κ2) is 9.67. The van der Waals surface area contributed by atoms with Crippen molar-refractivity contribution >= 4 is 28.6 Å². The molecule has 0 aromatic heterocycles. The highest BCUT2D eigenvalue weighted by Crippen LogP contribution is 2.19. The Hall–Kier alpha value is -3.71. The topological polar surface area (TPSA) is 113 Å². The number of aromatic carboxylic acids is 1. The highest BCUT2D eigenvalue weighted by atomic mass is 16.5. The highest BCUT2D eigenvalue weighted by molar-refractivity contribution is 5.98. The summed E-state index contributed by atoms with van der Waals surface area (Å²) in [5.74, 6) is -1.72. The third-order valence-corrected chi connectivity index (χ3v) is 4.56. The maximum Gasteiger partial charge on any atom is 0.338 e. The van der Waals surface area contributed by atoms with E-state index in [1.807, 2.05) is 0 Å². The number of aliphatic hydroxyl groups excluding tert-OH is 1. The van der Waals surface area contributed by atoms with Crippen molar-refractivity contribution in [2.24, 2.45) is 0 Å². The fourth-order valence-electron chi connectivity index (χ4n) is 2.89. The van der Waals surface area contributed by atoms with Crippen LogP contribution >= 0.6 is 0 Å². The summed E-state index contributed by atoms with van der Waals surface area (Å²) in [6.07, 6.45) is 0.460. The summed E-state index contributed by atoms with van der Waals surface area (Å²) in [5, 5.41) is 22.3. The van der Waals surface area contributed by atoms with Gasteiger partial charge in [-0.2, -0.15) is 0 Å². The average molecular weight is 407 g/mol. The molecule has 3 aromatic carbocycles. The fourth-order valence-corrected chi connectivity index (χ4v) is 2.89. The van der Waals surface area contributed by atoms with Crippen LogP contribution in [0.25, 0.3) is 10.8 Å². The van der Waals surface area contributed by atoms with E-state index in [-0.39, 0.29) is 24.7 Å². The zero-order chi connectivity index (χ0) is 21.5. The van der Waals surface area contributed by atoms with Crippen molar-refractivity contribution in [3.63, 3.8) is 0 Å². The number of amides is 1. The predicted octanol–water partition coefficient (Wildman–Crippen LogP) is 3.01. The number of hydrogen-bond acceptors (Lipinski definition) is 5. The van der Waals surface area contributed by atoms with E-state index in [0.717, 1.165) is 16.3 Å². The third kappa shape index (κ3) is 5.21. The van der Waals surface area contributed by atoms with E-state index in [1.165, 1.54) is 6.07 Å². The molecule has 3 N–H and O–H groups in total. The molecule has 30 heavy (non-hydrogen) atoms. The molecule has 0 aliphatic rings. The van der Waals surface area contributed by atoms with Crippen LogP contribution in [0.3, 0.4) is 0 Å². The van der Waals surface area contributed by atoms with Gasteiger partial charge in [-0.1, -0.05) is 24.3 Å². The maximum atomic E-state index is 12.2. The van der Waals surface area contributed by atoms with Crippen LogP contribution in [0.4, 0.5) is 0 Å². The number of carbonyl (C=O) groups excluding carboxylic acids is 2. The predicted molar refractivity (Wildman–Crippen MR) is 111 cm³/mol. The van der Waals surface area contributed by atoms with Crippen LogP contribution in [0.2, 0.25) is 0 Å². The van der Waals surface area contributed by atoms with Crippen LogP contribution in [0.15, 0.2) is 60.7 Å². The summed E-state index contributed by atoms with van der Waals surface area (Å²) in [6, 6.07) is 16.3. The van der Waals surface area contributed by atoms with Crippen LogP contribution in [-0.4, -0.2) is 41.2 Å². The van der Waals surface area contributed by atoms with Gasteiger partial charge in [-0.25, -0.2) is 9.59 Å². The Bertz CT molecular complexity index is 1070. The number of carboxylic acid groups (broad SMARTS) is 1. The molecule has 0 unspecified atom stereocenters. The van der Waals surface area contributed by atoms with Crippen molar-refractivity contribution in [1.82, 2.24) is 5.32 Å². The van der Waals surface area contributed by atoms with E-state index in [4.69, 9.17) is 14.9 Å². The van der Waals surface area contributed by atoms with Gasteiger partial charge in [-0.15, -0.1) is 0 Å². The van der Waals surface area contributed by atoms with E-state index in [2.05, 4.69) is 5.32 Å². The SMILES string of the molecule is O=C(O)c1ccc2cc(C(=O)OCCCNC(=O)c3ccc(CO)cc3)ccc2c1. The van der Waals surface area contributed by atoms with Crippen molar-refractivity contribution in [2.75, 3.05) is 13.2 Å². The lowest BCUT2D eigenvalue weighted by atomic mass is 10.0. The van der Waals surface area contributed by atoms with Crippen LogP contribution < -0.4 is 5.32 Å². The van der Waals surface area contributed by atoms with Gasteiger partial charge in [0.1, 0.15) is 0 Å². The van der Waals surface area contributed by atoms with Crippen LogP contribution in [0.1, 0.15) is 43.1 Å². The molecule has 7 heteroatoms. The number of aliphatic hydroxyl groups is 1. The van der Waals surface area contributed by atoms with Crippen molar-refractivity contribution in [1.29, 1.82) is 0 Å². The Morgan fingerprint density at radius 1 is 0.833 bits per heavy atom. The third-order valence-electron chi connectivity index (χ3n) is 4.56. The second-order valence-corrected chi connectivity index (χ2v) is 6.68. The summed E-state index contributed by atoms with van der Waals surface area (Å²) < 4.78 is 5.24. The van der Waals surface area contributed by atoms with E-state index < -0.39 is 11.9 Å². The van der Waals surface area contributed by atoms with Crippen molar-refractivity contribution in [3.8, 4) is 0 Å². The van der Waals surface area contributed by atoms with Gasteiger partial charge in [-0.3, -0.25) is 4.79 Å². The van der Waals surface area contributed by atoms with Crippen LogP contribution in [0.5, 0.6) is 0 Å². The van der Waals surface area contributed by atoms with Crippen molar-refractivity contribution in [2.45, 2.75) is 13.0 Å². The molecular formula is C23H21NO6. The summed E-state index contributed by atoms with van der Waals surface area (Å²) in [7, 11) is 0. The lowest BCUT2D eigenvalue weighted by molar-refractivity contribution is 0.0500. The van der Waals surface area contributed by atoms with E-state index >= 15 is 0 Å². The van der Waals surface area contributed by atoms with Crippen LogP contribution in [0, 0.1) is 0 Å². The first-order valence-electron chi connectivity index (χ1n) is 9.40. The molecular weight excluding hydrogens is 386 g/mol. The molecule has 1 amide bonds. The lowest BCUT2D eigenvalue weighted by Crippen LogP contribution is -2.25. The number of fused-ring (bicyclic) bond motifs is 1. The number of hydrogen-bond donors (Lipinski definition) is 3. The molecule has 154 valence electrons. The first-order chi connectivity index (χ1) is 14.5. The van der Waals surface area contributed by atoms with Crippen LogP contribution in [-0.2, 0) is 11.3 Å². The van der Waals surface area contributed by atoms with Gasteiger partial charge in [0.25, 0.3) is 5.91 Å². The molecule has 0 bridgehead atoms. The average Bonchev–Trinajstić information content (AvgIpc) is 2.77. The van der Waals surface area contributed by atoms with Gasteiger partial charge in [0.15, 0.2) is 0 Å². The van der Waals surface area contributed by atoms with Gasteiger partial charge in [-0.05, 0) is 59.2 Å². The van der Waals surface area contributed by atoms with Gasteiger partial charge >= 0.3 is 11.9 Å². The molecule has 7 nitrogen and oxygen atoms in total. The van der Waals surface area contributed by atoms with Crippen molar-refractivity contribution < 1.29 is 29.3 Å². The molecule has 0 heterocycles. The van der Waals surface area contributed by atoms with Crippen molar-refractivity contribution in [3.05, 3.63) is 82.9 Å². The molecule has 0 saturated heterocycles. The Morgan fingerprint density at radius 3 is 2.07 bits per heavy atom. The Morgan fingerprint density at radius 2 is 1.43 bits per heavy atom. The largest absolute Gasteiger partial charge is 0.478 e. The Kier molecular flexibility index (Phi) is 6.77. The molecule has 0 spiro atoms. The Balaban J connectivity index is 1.46. The molecule has 0 fully saturated rings. The molecule has 0 radical (unpaired) electrons. The zero-order valence-electron chi connectivity index (χ0n) is 16.1. The second-order valence-electron chi connectivity index (χ2n) is 6.68. The number of ether oxygens (including phenoxy) is 1. The summed E-state index contributed by atoms with van der Waals surface area (Å²) >= 11 is 0. The minimum Gasteiger partial charge on any atom is -0.478 e. The molecule has 0 saturated carbocycles. The number of nitrogens with one attached hydrogen (secondary N) is 1. The fraction of sp³-hybridized carbons (Fsp3) is 0.174. The molecule has 0 aliphatic carbocycles. The Labute approximate surface area is 172 Å². The highest BCUT2D eigenvalue weighted by Gasteiger charge is 2.10. The summed E-state index contributed by atoms with van der Waals surface area (Å²) in [4.78, 5) is 35.3. The number of carbonyl (C=O) groups is 3. The molecule has 0 atom stereocenters. The van der Waals surface area contributed by atoms with Gasteiger partial charge in [0, 0.05) is 12.1 Å². The minimum atomic E-state index is -1.00. The van der Waals surface area contributed by atoms with E-state index in [0.29, 0.717) is 24.1 Å². The van der Waals surface area contributed by atoms with E-state index in [9.17, 15) is 14.4 Å². The monoisotopic (exact) mass is 407 g/mol. The lowest BCUT2D eigenvalue weighted by Gasteiger charge is -2.08.